The Hall–Kier alpha value is -1.94. The standard InChI is InChI=1S/C18H20ClFN4O/c1-23-10-13(25-3)6-12(23)9-24(2)18-11(7-21)8-22-17-15(20)5-4-14(19)16(17)18/h4-5,8,12-13H,6,9-10H2,1-3H3/t12-,13-/m0/s1. The van der Waals surface area contributed by atoms with E-state index in [9.17, 15) is 9.65 Å². The molecule has 2 heterocycles. The molecule has 2 aromatic rings. The number of benzene rings is 1. The average molecular weight is 363 g/mol. The average Bonchev–Trinajstić information content (AvgIpc) is 2.96. The number of rotatable bonds is 4. The van der Waals surface area contributed by atoms with E-state index in [0.29, 0.717) is 28.2 Å². The van der Waals surface area contributed by atoms with Crippen LogP contribution in [0.3, 0.4) is 0 Å². The molecule has 3 rings (SSSR count). The van der Waals surface area contributed by atoms with Gasteiger partial charge in [0.2, 0.25) is 0 Å². The highest BCUT2D eigenvalue weighted by atomic mass is 35.5. The molecule has 7 heteroatoms. The van der Waals surface area contributed by atoms with E-state index in [1.165, 1.54) is 18.3 Å². The van der Waals surface area contributed by atoms with Crippen LogP contribution in [0.25, 0.3) is 10.9 Å². The van der Waals surface area contributed by atoms with Gasteiger partial charge >= 0.3 is 0 Å². The lowest BCUT2D eigenvalue weighted by Gasteiger charge is -2.28. The molecule has 0 bridgehead atoms. The molecule has 5 nitrogen and oxygen atoms in total. The Morgan fingerprint density at radius 2 is 2.28 bits per heavy atom. The lowest BCUT2D eigenvalue weighted by molar-refractivity contribution is 0.111. The molecule has 2 atom stereocenters. The van der Waals surface area contributed by atoms with Gasteiger partial charge in [0.05, 0.1) is 22.4 Å². The Labute approximate surface area is 151 Å². The van der Waals surface area contributed by atoms with E-state index in [1.54, 1.807) is 7.11 Å². The summed E-state index contributed by atoms with van der Waals surface area (Å²) < 4.78 is 19.6. The summed E-state index contributed by atoms with van der Waals surface area (Å²) >= 11 is 6.32. The van der Waals surface area contributed by atoms with Crippen LogP contribution in [0.2, 0.25) is 5.02 Å². The number of methoxy groups -OCH3 is 1. The molecular weight excluding hydrogens is 343 g/mol. The van der Waals surface area contributed by atoms with Gasteiger partial charge < -0.3 is 9.64 Å². The summed E-state index contributed by atoms with van der Waals surface area (Å²) in [5.41, 5.74) is 1.18. The molecule has 0 aliphatic carbocycles. The number of likely N-dealkylation sites (N-methyl/N-ethyl adjacent to an activating group) is 2. The van der Waals surface area contributed by atoms with Crippen molar-refractivity contribution < 1.29 is 9.13 Å². The molecule has 1 fully saturated rings. The van der Waals surface area contributed by atoms with E-state index in [0.717, 1.165) is 13.0 Å². The van der Waals surface area contributed by atoms with Crippen molar-refractivity contribution >= 4 is 28.2 Å². The second-order valence-electron chi connectivity index (χ2n) is 6.45. The lowest BCUT2D eigenvalue weighted by Crippen LogP contribution is -2.37. The fraction of sp³-hybridized carbons (Fsp3) is 0.444. The van der Waals surface area contributed by atoms with Crippen LogP contribution in [0, 0.1) is 17.1 Å². The Bertz CT molecular complexity index is 838. The summed E-state index contributed by atoms with van der Waals surface area (Å²) in [5.74, 6) is -0.448. The molecule has 0 saturated carbocycles. The zero-order chi connectivity index (χ0) is 18.1. The number of anilines is 1. The molecule has 25 heavy (non-hydrogen) atoms. The second-order valence-corrected chi connectivity index (χ2v) is 6.86. The number of likely N-dealkylation sites (tertiary alicyclic amines) is 1. The molecule has 0 radical (unpaired) electrons. The summed E-state index contributed by atoms with van der Waals surface area (Å²) in [6, 6.07) is 5.22. The van der Waals surface area contributed by atoms with Crippen molar-refractivity contribution in [1.29, 1.82) is 5.26 Å². The van der Waals surface area contributed by atoms with Crippen molar-refractivity contribution in [2.75, 3.05) is 39.2 Å². The largest absolute Gasteiger partial charge is 0.380 e. The third-order valence-electron chi connectivity index (χ3n) is 4.86. The Kier molecular flexibility index (Phi) is 5.09. The predicted octanol–water partition coefficient (Wildman–Crippen LogP) is 3.05. The fourth-order valence-corrected chi connectivity index (χ4v) is 3.76. The van der Waals surface area contributed by atoms with Gasteiger partial charge in [0.15, 0.2) is 0 Å². The molecule has 0 spiro atoms. The minimum atomic E-state index is -0.448. The molecule has 132 valence electrons. The minimum absolute atomic E-state index is 0.183. The lowest BCUT2D eigenvalue weighted by atomic mass is 10.1. The number of pyridine rings is 1. The first-order valence-corrected chi connectivity index (χ1v) is 8.45. The molecule has 1 aromatic carbocycles. The first-order valence-electron chi connectivity index (χ1n) is 8.07. The van der Waals surface area contributed by atoms with Crippen LogP contribution in [0.4, 0.5) is 10.1 Å². The molecule has 1 aromatic heterocycles. The maximum atomic E-state index is 14.2. The normalized spacial score (nSPS) is 20.8. The fourth-order valence-electron chi connectivity index (χ4n) is 3.52. The van der Waals surface area contributed by atoms with Gasteiger partial charge in [-0.05, 0) is 25.6 Å². The van der Waals surface area contributed by atoms with Gasteiger partial charge in [-0.3, -0.25) is 9.88 Å². The third kappa shape index (κ3) is 3.28. The molecular formula is C18H20ClFN4O. The highest BCUT2D eigenvalue weighted by molar-refractivity contribution is 6.36. The minimum Gasteiger partial charge on any atom is -0.380 e. The Morgan fingerprint density at radius 3 is 2.92 bits per heavy atom. The van der Waals surface area contributed by atoms with Crippen LogP contribution in [-0.4, -0.2) is 56.3 Å². The van der Waals surface area contributed by atoms with Crippen LogP contribution in [0.5, 0.6) is 0 Å². The van der Waals surface area contributed by atoms with Gasteiger partial charge in [-0.2, -0.15) is 5.26 Å². The van der Waals surface area contributed by atoms with Gasteiger partial charge in [-0.15, -0.1) is 0 Å². The van der Waals surface area contributed by atoms with Crippen molar-refractivity contribution in [2.45, 2.75) is 18.6 Å². The molecule has 1 aliphatic rings. The van der Waals surface area contributed by atoms with Gasteiger partial charge in [-0.1, -0.05) is 11.6 Å². The summed E-state index contributed by atoms with van der Waals surface area (Å²) in [5, 5.41) is 10.4. The van der Waals surface area contributed by atoms with E-state index in [1.807, 2.05) is 11.9 Å². The topological polar surface area (TPSA) is 52.4 Å². The van der Waals surface area contributed by atoms with E-state index >= 15 is 0 Å². The number of ether oxygens (including phenoxy) is 1. The molecule has 0 N–H and O–H groups in total. The second kappa shape index (κ2) is 7.12. The molecule has 1 aliphatic heterocycles. The summed E-state index contributed by atoms with van der Waals surface area (Å²) in [6.45, 7) is 1.55. The maximum Gasteiger partial charge on any atom is 0.149 e. The van der Waals surface area contributed by atoms with Crippen molar-refractivity contribution in [3.05, 3.63) is 34.7 Å². The van der Waals surface area contributed by atoms with Gasteiger partial charge in [0.25, 0.3) is 0 Å². The summed E-state index contributed by atoms with van der Waals surface area (Å²) in [6.07, 6.45) is 2.52. The number of nitrogens with zero attached hydrogens (tertiary/aromatic N) is 4. The van der Waals surface area contributed by atoms with Gasteiger partial charge in [0.1, 0.15) is 17.4 Å². The van der Waals surface area contributed by atoms with Crippen molar-refractivity contribution in [2.24, 2.45) is 0 Å². The van der Waals surface area contributed by atoms with Crippen LogP contribution in [0.15, 0.2) is 18.3 Å². The number of hydrogen-bond acceptors (Lipinski definition) is 5. The maximum absolute atomic E-state index is 14.2. The highest BCUT2D eigenvalue weighted by Crippen LogP contribution is 2.35. The number of nitriles is 1. The molecule has 0 amide bonds. The number of fused-ring (bicyclic) bond motifs is 1. The van der Waals surface area contributed by atoms with Crippen LogP contribution in [0.1, 0.15) is 12.0 Å². The summed E-state index contributed by atoms with van der Waals surface area (Å²) in [4.78, 5) is 8.29. The predicted molar refractivity (Wildman–Crippen MR) is 96.5 cm³/mol. The first kappa shape index (κ1) is 17.9. The quantitative estimate of drug-likeness (QED) is 0.836. The zero-order valence-corrected chi connectivity index (χ0v) is 15.2. The van der Waals surface area contributed by atoms with Crippen molar-refractivity contribution in [3.63, 3.8) is 0 Å². The van der Waals surface area contributed by atoms with Crippen LogP contribution in [-0.2, 0) is 4.74 Å². The Morgan fingerprint density at radius 1 is 1.52 bits per heavy atom. The highest BCUT2D eigenvalue weighted by Gasteiger charge is 2.31. The number of hydrogen-bond donors (Lipinski definition) is 0. The number of aromatic nitrogens is 1. The molecule has 0 unspecified atom stereocenters. The monoisotopic (exact) mass is 362 g/mol. The zero-order valence-electron chi connectivity index (χ0n) is 14.5. The van der Waals surface area contributed by atoms with Crippen LogP contribution >= 0.6 is 11.6 Å². The van der Waals surface area contributed by atoms with E-state index in [2.05, 4.69) is 23.0 Å². The number of halogens is 2. The van der Waals surface area contributed by atoms with Gasteiger partial charge in [0, 0.05) is 44.9 Å². The smallest absolute Gasteiger partial charge is 0.149 e. The van der Waals surface area contributed by atoms with E-state index in [-0.39, 0.29) is 17.7 Å². The van der Waals surface area contributed by atoms with E-state index < -0.39 is 5.82 Å². The summed E-state index contributed by atoms with van der Waals surface area (Å²) in [7, 11) is 5.67. The van der Waals surface area contributed by atoms with E-state index in [4.69, 9.17) is 16.3 Å². The van der Waals surface area contributed by atoms with Crippen molar-refractivity contribution in [3.8, 4) is 6.07 Å². The molecule has 1 saturated heterocycles. The third-order valence-corrected chi connectivity index (χ3v) is 5.18. The van der Waals surface area contributed by atoms with Gasteiger partial charge in [-0.25, -0.2) is 4.39 Å². The SMILES string of the molecule is CO[C@H]1C[C@@H](CN(C)c2c(C#N)cnc3c(F)ccc(Cl)c23)N(C)C1. The van der Waals surface area contributed by atoms with Crippen molar-refractivity contribution in [1.82, 2.24) is 9.88 Å². The first-order chi connectivity index (χ1) is 12.0. The Balaban J connectivity index is 2.02. The van der Waals surface area contributed by atoms with Crippen LogP contribution < -0.4 is 4.90 Å².